The molecule has 2 saturated heterocycles. The summed E-state index contributed by atoms with van der Waals surface area (Å²) in [6, 6.07) is 1.97. The molecule has 0 aromatic heterocycles. The van der Waals surface area contributed by atoms with Crippen molar-refractivity contribution in [2.24, 2.45) is 0 Å². The lowest BCUT2D eigenvalue weighted by molar-refractivity contribution is -0.126. The van der Waals surface area contributed by atoms with Crippen LogP contribution >= 0.6 is 0 Å². The van der Waals surface area contributed by atoms with Crippen LogP contribution in [0, 0.1) is 0 Å². The Hall–Kier alpha value is -5.17. The first-order valence-corrected chi connectivity index (χ1v) is 10.4. The molecule has 1 aromatic carbocycles. The third-order valence-corrected chi connectivity index (χ3v) is 4.80. The Morgan fingerprint density at radius 1 is 0.816 bits per heavy atom. The van der Waals surface area contributed by atoms with E-state index < -0.39 is 73.1 Å². The third kappa shape index (κ3) is 6.95. The Bertz CT molecular complexity index is 1070. The van der Waals surface area contributed by atoms with Crippen molar-refractivity contribution in [3.8, 4) is 5.75 Å². The number of aliphatic hydroxyl groups is 2. The first-order valence-electron chi connectivity index (χ1n) is 10.4. The molecular weight excluding hydrogens is 516 g/mol. The van der Waals surface area contributed by atoms with E-state index in [1.165, 1.54) is 31.4 Å². The maximum atomic E-state index is 11.8. The average Bonchev–Trinajstić information content (AvgIpc) is 3.32. The molecule has 206 valence electrons. The maximum absolute atomic E-state index is 11.8. The first kappa shape index (κ1) is 29.1. The van der Waals surface area contributed by atoms with E-state index in [1.807, 2.05) is 31.9 Å². The Morgan fingerprint density at radius 2 is 1.24 bits per heavy atom. The van der Waals surface area contributed by atoms with Crippen LogP contribution in [0.1, 0.15) is 10.4 Å². The molecule has 0 saturated carbocycles. The summed E-state index contributed by atoms with van der Waals surface area (Å²) in [6.07, 6.45) is 0. The highest BCUT2D eigenvalue weighted by atomic mass is 16.5. The number of hydrogen-bond donors (Lipinski definition) is 11. The number of phenols is 1. The number of imide groups is 2. The fourth-order valence-corrected chi connectivity index (χ4v) is 2.86. The van der Waals surface area contributed by atoms with E-state index in [0.29, 0.717) is 5.56 Å². The number of urea groups is 4. The van der Waals surface area contributed by atoms with E-state index in [2.05, 4.69) is 15.4 Å². The third-order valence-electron chi connectivity index (χ3n) is 4.80. The minimum Gasteiger partial charge on any atom is -0.508 e. The number of rotatable bonds is 7. The van der Waals surface area contributed by atoms with Crippen LogP contribution in [0.5, 0.6) is 5.75 Å². The second-order valence-electron chi connectivity index (χ2n) is 7.42. The van der Waals surface area contributed by atoms with Gasteiger partial charge in [-0.15, -0.1) is 0 Å². The molecule has 1 aromatic rings. The number of aromatic hydroxyl groups is 1. The van der Waals surface area contributed by atoms with Crippen LogP contribution in [0.25, 0.3) is 0 Å². The summed E-state index contributed by atoms with van der Waals surface area (Å²) in [4.78, 5) is 79.8. The number of phenolic OH excluding ortho intramolecular Hbond substituents is 1. The molecule has 19 heteroatoms. The molecule has 0 aliphatic carbocycles. The van der Waals surface area contributed by atoms with Crippen molar-refractivity contribution in [3.63, 3.8) is 0 Å². The molecule has 2 atom stereocenters. The molecule has 0 spiro atoms. The Labute approximate surface area is 212 Å². The minimum atomic E-state index is -2.06. The van der Waals surface area contributed by atoms with Gasteiger partial charge in [-0.1, -0.05) is 0 Å². The second kappa shape index (κ2) is 12.2. The van der Waals surface area contributed by atoms with Crippen molar-refractivity contribution >= 4 is 41.9 Å². The zero-order chi connectivity index (χ0) is 28.5. The second-order valence-corrected chi connectivity index (χ2v) is 7.42. The summed E-state index contributed by atoms with van der Waals surface area (Å²) in [6.45, 7) is -2.38. The number of amides is 10. The molecule has 0 radical (unpaired) electrons. The van der Waals surface area contributed by atoms with Gasteiger partial charge in [0.2, 0.25) is 11.3 Å². The lowest BCUT2D eigenvalue weighted by atomic mass is 10.2. The summed E-state index contributed by atoms with van der Waals surface area (Å²) >= 11 is 0. The molecule has 2 aliphatic heterocycles. The lowest BCUT2D eigenvalue weighted by Gasteiger charge is -2.26. The maximum Gasteiger partial charge on any atom is 0.337 e. The van der Waals surface area contributed by atoms with Crippen LogP contribution in [0.15, 0.2) is 24.3 Å². The molecule has 2 heterocycles. The highest BCUT2D eigenvalue weighted by Crippen LogP contribution is 2.10. The molecule has 10 amide bonds. The fraction of sp³-hybridized carbons (Fsp3) is 0.316. The number of nitrogens with one attached hydrogen (secondary N) is 8. The SMILES string of the molecule is COC(=O)c1ccc(O)cc1.O=C(NCNC(=O)NC1(CO)NC(=O)NC1=O)NC1(CO)NC(=O)NC1=O. The average molecular weight is 540 g/mol. The largest absolute Gasteiger partial charge is 0.508 e. The van der Waals surface area contributed by atoms with E-state index >= 15 is 0 Å². The number of methoxy groups -OCH3 is 1. The van der Waals surface area contributed by atoms with Crippen molar-refractivity contribution in [1.82, 2.24) is 42.5 Å². The predicted octanol–water partition coefficient (Wildman–Crippen LogP) is -4.22. The van der Waals surface area contributed by atoms with Gasteiger partial charge in [0.05, 0.1) is 32.6 Å². The summed E-state index contributed by atoms with van der Waals surface area (Å²) in [5.74, 6) is -2.23. The normalized spacial score (nSPS) is 21.4. The van der Waals surface area contributed by atoms with Gasteiger partial charge < -0.3 is 52.0 Å². The zero-order valence-electron chi connectivity index (χ0n) is 19.5. The summed E-state index contributed by atoms with van der Waals surface area (Å²) in [7, 11) is 1.31. The number of ether oxygens (including phenoxy) is 1. The van der Waals surface area contributed by atoms with Crippen LogP contribution < -0.4 is 42.5 Å². The molecule has 19 nitrogen and oxygen atoms in total. The van der Waals surface area contributed by atoms with E-state index in [4.69, 9.17) is 5.11 Å². The van der Waals surface area contributed by atoms with Crippen LogP contribution in [0.3, 0.4) is 0 Å². The fourth-order valence-electron chi connectivity index (χ4n) is 2.86. The van der Waals surface area contributed by atoms with Gasteiger partial charge in [-0.25, -0.2) is 24.0 Å². The van der Waals surface area contributed by atoms with Gasteiger partial charge in [0.1, 0.15) is 5.75 Å². The smallest absolute Gasteiger partial charge is 0.337 e. The van der Waals surface area contributed by atoms with Crippen molar-refractivity contribution in [1.29, 1.82) is 0 Å². The quantitative estimate of drug-likeness (QED) is 0.0895. The molecule has 2 unspecified atom stereocenters. The van der Waals surface area contributed by atoms with Crippen molar-refractivity contribution in [2.45, 2.75) is 11.3 Å². The number of carbonyl (C=O) groups excluding carboxylic acids is 7. The minimum absolute atomic E-state index is 0.137. The van der Waals surface area contributed by atoms with Crippen LogP contribution in [0.2, 0.25) is 0 Å². The number of esters is 1. The molecule has 3 rings (SSSR count). The van der Waals surface area contributed by atoms with Crippen molar-refractivity contribution < 1.29 is 53.6 Å². The lowest BCUT2D eigenvalue weighted by Crippen LogP contribution is -2.66. The van der Waals surface area contributed by atoms with Crippen LogP contribution in [0.4, 0.5) is 19.2 Å². The number of benzene rings is 1. The predicted molar refractivity (Wildman–Crippen MR) is 121 cm³/mol. The molecule has 11 N–H and O–H groups in total. The molecular formula is C19H24N8O11. The Morgan fingerprint density at radius 3 is 1.55 bits per heavy atom. The van der Waals surface area contributed by atoms with E-state index in [9.17, 15) is 43.8 Å². The highest BCUT2D eigenvalue weighted by Gasteiger charge is 2.48. The van der Waals surface area contributed by atoms with E-state index in [0.717, 1.165) is 0 Å². The molecule has 2 fully saturated rings. The van der Waals surface area contributed by atoms with E-state index in [-0.39, 0.29) is 5.75 Å². The van der Waals surface area contributed by atoms with Gasteiger partial charge in [0.15, 0.2) is 0 Å². The van der Waals surface area contributed by atoms with Gasteiger partial charge in [-0.05, 0) is 24.3 Å². The van der Waals surface area contributed by atoms with E-state index in [1.54, 1.807) is 0 Å². The first-order chi connectivity index (χ1) is 17.9. The van der Waals surface area contributed by atoms with Gasteiger partial charge in [0, 0.05) is 0 Å². The number of aliphatic hydroxyl groups excluding tert-OH is 2. The summed E-state index contributed by atoms with van der Waals surface area (Å²) in [5.41, 5.74) is -3.68. The Balaban J connectivity index is 0.000000384. The Kier molecular flexibility index (Phi) is 9.32. The molecule has 2 aliphatic rings. The number of carbonyl (C=O) groups is 7. The van der Waals surface area contributed by atoms with Crippen LogP contribution in [-0.2, 0) is 14.3 Å². The van der Waals surface area contributed by atoms with Gasteiger partial charge >= 0.3 is 30.1 Å². The van der Waals surface area contributed by atoms with Gasteiger partial charge in [0.25, 0.3) is 11.8 Å². The van der Waals surface area contributed by atoms with Crippen LogP contribution in [-0.4, -0.2) is 95.5 Å². The standard InChI is InChI=1S/C11H16N8O8.C8H8O3/c20-1-10(4(22)14-8(26)18-10)16-6(24)12-3-13-7(25)17-11(2-21)5(23)15-9(27)19-11;1-11-8(10)6-2-4-7(9)5-3-6/h20-21H,1-3H2,(H2,12,16,24)(H2,13,17,25)(H2,14,18,22,26)(H2,15,19,23,27);2-5,9H,1H3. The number of hydrogen-bond acceptors (Lipinski definition) is 11. The summed E-state index contributed by atoms with van der Waals surface area (Å²) in [5, 5.41) is 43.3. The van der Waals surface area contributed by atoms with Crippen molar-refractivity contribution in [3.05, 3.63) is 29.8 Å². The highest BCUT2D eigenvalue weighted by molar-refractivity contribution is 6.09. The van der Waals surface area contributed by atoms with Crippen molar-refractivity contribution in [2.75, 3.05) is 27.0 Å². The molecule has 0 bridgehead atoms. The zero-order valence-corrected chi connectivity index (χ0v) is 19.5. The van der Waals surface area contributed by atoms with Gasteiger partial charge in [-0.2, -0.15) is 0 Å². The monoisotopic (exact) mass is 540 g/mol. The molecule has 38 heavy (non-hydrogen) atoms. The topological polar surface area (TPSA) is 286 Å². The summed E-state index contributed by atoms with van der Waals surface area (Å²) < 4.78 is 4.46. The van der Waals surface area contributed by atoms with Gasteiger partial charge in [-0.3, -0.25) is 20.2 Å².